The van der Waals surface area contributed by atoms with E-state index in [0.29, 0.717) is 25.9 Å². The maximum absolute atomic E-state index is 13.3. The number of aromatic nitrogens is 3. The molecule has 2 heterocycles. The number of nitrogens with zero attached hydrogens (tertiary/aromatic N) is 4. The van der Waals surface area contributed by atoms with Gasteiger partial charge in [-0.2, -0.15) is 0 Å². The zero-order chi connectivity index (χ0) is 13.5. The number of carbonyl (C=O) groups is 1. The standard InChI is InChI=1S/C12H16F2N4O/c13-12(14)3-1-2-9(6-12)11(19)17-7-10(8-17)18-5-4-15-16-18/h4-5,9-10H,1-3,6-8H2. The van der Waals surface area contributed by atoms with Crippen molar-refractivity contribution in [1.29, 1.82) is 0 Å². The van der Waals surface area contributed by atoms with E-state index in [1.807, 2.05) is 0 Å². The van der Waals surface area contributed by atoms with Gasteiger partial charge in [0.1, 0.15) is 0 Å². The minimum atomic E-state index is -2.67. The van der Waals surface area contributed by atoms with Crippen molar-refractivity contribution in [3.05, 3.63) is 12.4 Å². The molecule has 1 aliphatic carbocycles. The first-order chi connectivity index (χ1) is 9.05. The van der Waals surface area contributed by atoms with E-state index >= 15 is 0 Å². The number of hydrogen-bond acceptors (Lipinski definition) is 3. The fraction of sp³-hybridized carbons (Fsp3) is 0.750. The van der Waals surface area contributed by atoms with Gasteiger partial charge in [0.15, 0.2) is 0 Å². The van der Waals surface area contributed by atoms with Crippen LogP contribution in [0.15, 0.2) is 12.4 Å². The predicted molar refractivity (Wildman–Crippen MR) is 62.5 cm³/mol. The highest BCUT2D eigenvalue weighted by molar-refractivity contribution is 5.79. The van der Waals surface area contributed by atoms with Crippen molar-refractivity contribution in [3.8, 4) is 0 Å². The second-order valence-corrected chi connectivity index (χ2v) is 5.43. The van der Waals surface area contributed by atoms with Gasteiger partial charge in [-0.1, -0.05) is 5.21 Å². The Kier molecular flexibility index (Phi) is 2.99. The highest BCUT2D eigenvalue weighted by Gasteiger charge is 2.43. The minimum absolute atomic E-state index is 0.0850. The van der Waals surface area contributed by atoms with Crippen molar-refractivity contribution in [2.45, 2.75) is 37.6 Å². The van der Waals surface area contributed by atoms with Gasteiger partial charge in [0.25, 0.3) is 0 Å². The van der Waals surface area contributed by atoms with Gasteiger partial charge < -0.3 is 4.90 Å². The largest absolute Gasteiger partial charge is 0.338 e. The number of likely N-dealkylation sites (tertiary alicyclic amines) is 1. The zero-order valence-corrected chi connectivity index (χ0v) is 10.5. The second-order valence-electron chi connectivity index (χ2n) is 5.43. The molecule has 1 saturated carbocycles. The van der Waals surface area contributed by atoms with E-state index in [9.17, 15) is 13.6 Å². The van der Waals surface area contributed by atoms with Crippen molar-refractivity contribution in [2.24, 2.45) is 5.92 Å². The second kappa shape index (κ2) is 4.54. The number of hydrogen-bond donors (Lipinski definition) is 0. The predicted octanol–water partition coefficient (Wildman–Crippen LogP) is 1.49. The maximum Gasteiger partial charge on any atom is 0.248 e. The van der Waals surface area contributed by atoms with Gasteiger partial charge in [-0.05, 0) is 12.8 Å². The summed E-state index contributed by atoms with van der Waals surface area (Å²) in [5, 5.41) is 7.59. The Morgan fingerprint density at radius 2 is 2.16 bits per heavy atom. The SMILES string of the molecule is O=C(C1CCCC(F)(F)C1)N1CC(n2ccnn2)C1. The number of halogens is 2. The van der Waals surface area contributed by atoms with E-state index in [1.54, 1.807) is 22.0 Å². The molecular formula is C12H16F2N4O. The van der Waals surface area contributed by atoms with Crippen molar-refractivity contribution >= 4 is 5.91 Å². The molecule has 0 aromatic carbocycles. The first kappa shape index (κ1) is 12.5. The Morgan fingerprint density at radius 1 is 1.37 bits per heavy atom. The molecule has 104 valence electrons. The molecule has 1 aliphatic heterocycles. The third-order valence-electron chi connectivity index (χ3n) is 3.98. The van der Waals surface area contributed by atoms with Crippen molar-refractivity contribution in [1.82, 2.24) is 19.9 Å². The molecule has 0 spiro atoms. The fourth-order valence-electron chi connectivity index (χ4n) is 2.86. The van der Waals surface area contributed by atoms with Gasteiger partial charge in [0.2, 0.25) is 11.8 Å². The van der Waals surface area contributed by atoms with Crippen LogP contribution in [0.1, 0.15) is 31.7 Å². The Hall–Kier alpha value is -1.53. The van der Waals surface area contributed by atoms with Crippen LogP contribution in [0.5, 0.6) is 0 Å². The Bertz CT molecular complexity index is 456. The molecule has 19 heavy (non-hydrogen) atoms. The monoisotopic (exact) mass is 270 g/mol. The van der Waals surface area contributed by atoms with E-state index in [-0.39, 0.29) is 24.8 Å². The molecule has 0 bridgehead atoms. The average molecular weight is 270 g/mol. The Balaban J connectivity index is 1.55. The molecule has 1 atom stereocenters. The van der Waals surface area contributed by atoms with Crippen LogP contribution in [0.4, 0.5) is 8.78 Å². The molecule has 7 heteroatoms. The van der Waals surface area contributed by atoms with Crippen molar-refractivity contribution in [3.63, 3.8) is 0 Å². The van der Waals surface area contributed by atoms with Crippen LogP contribution < -0.4 is 0 Å². The molecule has 0 radical (unpaired) electrons. The van der Waals surface area contributed by atoms with E-state index < -0.39 is 11.8 Å². The number of rotatable bonds is 2. The summed E-state index contributed by atoms with van der Waals surface area (Å²) in [5.74, 6) is -3.31. The molecule has 2 fully saturated rings. The molecule has 1 unspecified atom stereocenters. The fourth-order valence-corrected chi connectivity index (χ4v) is 2.86. The quantitative estimate of drug-likeness (QED) is 0.818. The van der Waals surface area contributed by atoms with Gasteiger partial charge in [-0.15, -0.1) is 5.10 Å². The normalized spacial score (nSPS) is 27.1. The van der Waals surface area contributed by atoms with E-state index in [1.165, 1.54) is 0 Å². The molecule has 1 saturated heterocycles. The van der Waals surface area contributed by atoms with Gasteiger partial charge in [-0.25, -0.2) is 13.5 Å². The van der Waals surface area contributed by atoms with Crippen LogP contribution in [0.3, 0.4) is 0 Å². The summed E-state index contributed by atoms with van der Waals surface area (Å²) in [6.07, 6.45) is 3.98. The number of carbonyl (C=O) groups excluding carboxylic acids is 1. The van der Waals surface area contributed by atoms with Gasteiger partial charge in [0.05, 0.1) is 12.2 Å². The Morgan fingerprint density at radius 3 is 2.79 bits per heavy atom. The van der Waals surface area contributed by atoms with Crippen molar-refractivity contribution in [2.75, 3.05) is 13.1 Å². The topological polar surface area (TPSA) is 51.0 Å². The minimum Gasteiger partial charge on any atom is -0.338 e. The first-order valence-electron chi connectivity index (χ1n) is 6.57. The summed E-state index contributed by atoms with van der Waals surface area (Å²) in [4.78, 5) is 13.8. The third kappa shape index (κ3) is 2.46. The van der Waals surface area contributed by atoms with Crippen LogP contribution in [0.25, 0.3) is 0 Å². The van der Waals surface area contributed by atoms with Crippen LogP contribution >= 0.6 is 0 Å². The summed E-state index contributed by atoms with van der Waals surface area (Å²) in [6.45, 7) is 1.09. The van der Waals surface area contributed by atoms with Gasteiger partial charge in [-0.3, -0.25) is 4.79 Å². The first-order valence-corrected chi connectivity index (χ1v) is 6.57. The smallest absolute Gasteiger partial charge is 0.248 e. The van der Waals surface area contributed by atoms with Gasteiger partial charge in [0, 0.05) is 38.0 Å². The summed E-state index contributed by atoms with van der Waals surface area (Å²) < 4.78 is 28.3. The molecule has 1 amide bonds. The lowest BCUT2D eigenvalue weighted by Gasteiger charge is -2.42. The molecule has 3 rings (SSSR count). The lowest BCUT2D eigenvalue weighted by molar-refractivity contribution is -0.148. The van der Waals surface area contributed by atoms with E-state index in [0.717, 1.165) is 0 Å². The van der Waals surface area contributed by atoms with Crippen LogP contribution in [-0.2, 0) is 4.79 Å². The zero-order valence-electron chi connectivity index (χ0n) is 10.5. The van der Waals surface area contributed by atoms with Crippen LogP contribution in [-0.4, -0.2) is 44.8 Å². The molecule has 1 aromatic rings. The molecule has 0 N–H and O–H groups in total. The summed E-state index contributed by atoms with van der Waals surface area (Å²) in [6, 6.07) is 0.135. The molecule has 2 aliphatic rings. The average Bonchev–Trinajstić information content (AvgIpc) is 2.79. The summed E-state index contributed by atoms with van der Waals surface area (Å²) in [5.41, 5.74) is 0. The lowest BCUT2D eigenvalue weighted by atomic mass is 9.85. The lowest BCUT2D eigenvalue weighted by Crippen LogP contribution is -2.53. The number of amides is 1. The molecular weight excluding hydrogens is 254 g/mol. The molecule has 1 aromatic heterocycles. The summed E-state index contributed by atoms with van der Waals surface area (Å²) >= 11 is 0. The third-order valence-corrected chi connectivity index (χ3v) is 3.98. The number of alkyl halides is 2. The highest BCUT2D eigenvalue weighted by atomic mass is 19.3. The van der Waals surface area contributed by atoms with Gasteiger partial charge >= 0.3 is 0 Å². The van der Waals surface area contributed by atoms with E-state index in [4.69, 9.17) is 0 Å². The van der Waals surface area contributed by atoms with Crippen LogP contribution in [0, 0.1) is 5.92 Å². The summed E-state index contributed by atoms with van der Waals surface area (Å²) in [7, 11) is 0. The van der Waals surface area contributed by atoms with E-state index in [2.05, 4.69) is 10.3 Å². The highest BCUT2D eigenvalue weighted by Crippen LogP contribution is 2.38. The maximum atomic E-state index is 13.3. The van der Waals surface area contributed by atoms with Crippen molar-refractivity contribution < 1.29 is 13.6 Å². The van der Waals surface area contributed by atoms with Crippen LogP contribution in [0.2, 0.25) is 0 Å². The molecule has 5 nitrogen and oxygen atoms in total. The Labute approximate surface area is 109 Å².